The summed E-state index contributed by atoms with van der Waals surface area (Å²) in [5.41, 5.74) is 2.97. The highest BCUT2D eigenvalue weighted by molar-refractivity contribution is 5.96. The quantitative estimate of drug-likeness (QED) is 0.881. The fraction of sp³-hybridized carbons (Fsp3) is 0.381. The van der Waals surface area contributed by atoms with Crippen LogP contribution in [0.3, 0.4) is 0 Å². The first-order chi connectivity index (χ1) is 12.2. The molecular formula is C21H24N2O2. The molecule has 0 spiro atoms. The minimum Gasteiger partial charge on any atom is -0.508 e. The highest BCUT2D eigenvalue weighted by Gasteiger charge is 2.34. The van der Waals surface area contributed by atoms with Gasteiger partial charge in [-0.25, -0.2) is 0 Å². The molecule has 0 aromatic heterocycles. The second-order valence-electron chi connectivity index (χ2n) is 7.11. The van der Waals surface area contributed by atoms with Crippen molar-refractivity contribution < 1.29 is 9.90 Å². The van der Waals surface area contributed by atoms with Gasteiger partial charge in [-0.15, -0.1) is 0 Å². The van der Waals surface area contributed by atoms with Crippen molar-refractivity contribution in [1.29, 1.82) is 0 Å². The summed E-state index contributed by atoms with van der Waals surface area (Å²) in [4.78, 5) is 15.3. The van der Waals surface area contributed by atoms with Crippen LogP contribution in [0, 0.1) is 0 Å². The van der Waals surface area contributed by atoms with E-state index in [1.807, 2.05) is 35.2 Å². The lowest BCUT2D eigenvalue weighted by Gasteiger charge is -2.25. The summed E-state index contributed by atoms with van der Waals surface area (Å²) in [5.74, 6) is 0.786. The average Bonchev–Trinajstić information content (AvgIpc) is 3.32. The fourth-order valence-electron chi connectivity index (χ4n) is 3.73. The number of hydrogen-bond donors (Lipinski definition) is 2. The van der Waals surface area contributed by atoms with Crippen molar-refractivity contribution in [2.75, 3.05) is 13.1 Å². The first kappa shape index (κ1) is 16.2. The zero-order valence-electron chi connectivity index (χ0n) is 14.3. The second kappa shape index (κ2) is 6.89. The molecule has 0 bridgehead atoms. The Morgan fingerprint density at radius 1 is 1.12 bits per heavy atom. The van der Waals surface area contributed by atoms with E-state index >= 15 is 0 Å². The van der Waals surface area contributed by atoms with E-state index in [0.717, 1.165) is 43.5 Å². The normalized spacial score (nSPS) is 19.8. The Bertz CT molecular complexity index is 764. The van der Waals surface area contributed by atoms with Gasteiger partial charge in [0.1, 0.15) is 5.75 Å². The Morgan fingerprint density at radius 2 is 1.96 bits per heavy atom. The Balaban J connectivity index is 1.61. The van der Waals surface area contributed by atoms with Gasteiger partial charge >= 0.3 is 0 Å². The molecule has 2 aromatic carbocycles. The summed E-state index contributed by atoms with van der Waals surface area (Å²) in [6, 6.07) is 15.6. The monoisotopic (exact) mass is 336 g/mol. The molecule has 2 aliphatic rings. The van der Waals surface area contributed by atoms with Crippen molar-refractivity contribution in [3.63, 3.8) is 0 Å². The number of aromatic hydroxyl groups is 1. The predicted octanol–water partition coefficient (Wildman–Crippen LogP) is 3.27. The summed E-state index contributed by atoms with van der Waals surface area (Å²) in [6.45, 7) is 2.51. The van der Waals surface area contributed by atoms with Crippen molar-refractivity contribution in [3.8, 4) is 5.75 Å². The molecule has 0 radical (unpaired) electrons. The van der Waals surface area contributed by atoms with Crippen LogP contribution in [-0.2, 0) is 6.54 Å². The van der Waals surface area contributed by atoms with Crippen LogP contribution in [-0.4, -0.2) is 35.0 Å². The number of amides is 1. The highest BCUT2D eigenvalue weighted by atomic mass is 16.3. The minimum absolute atomic E-state index is 0.119. The van der Waals surface area contributed by atoms with Gasteiger partial charge in [0.15, 0.2) is 0 Å². The predicted molar refractivity (Wildman–Crippen MR) is 97.7 cm³/mol. The lowest BCUT2D eigenvalue weighted by atomic mass is 9.92. The van der Waals surface area contributed by atoms with E-state index in [1.54, 1.807) is 12.1 Å². The third-order valence-electron chi connectivity index (χ3n) is 5.20. The summed E-state index contributed by atoms with van der Waals surface area (Å²) in [6.07, 6.45) is 3.22. The van der Waals surface area contributed by atoms with Crippen molar-refractivity contribution in [3.05, 3.63) is 65.2 Å². The van der Waals surface area contributed by atoms with E-state index in [4.69, 9.17) is 0 Å². The number of hydrogen-bond acceptors (Lipinski definition) is 3. The molecule has 4 heteroatoms. The van der Waals surface area contributed by atoms with Gasteiger partial charge in [0.25, 0.3) is 5.91 Å². The molecule has 25 heavy (non-hydrogen) atoms. The van der Waals surface area contributed by atoms with Gasteiger partial charge in [-0.1, -0.05) is 30.3 Å². The van der Waals surface area contributed by atoms with Gasteiger partial charge in [-0.05, 0) is 61.1 Å². The largest absolute Gasteiger partial charge is 0.508 e. The van der Waals surface area contributed by atoms with Crippen LogP contribution >= 0.6 is 0 Å². The first-order valence-electron chi connectivity index (χ1n) is 9.11. The van der Waals surface area contributed by atoms with Gasteiger partial charge in [0.05, 0.1) is 0 Å². The molecule has 1 aliphatic carbocycles. The van der Waals surface area contributed by atoms with E-state index in [9.17, 15) is 9.90 Å². The summed E-state index contributed by atoms with van der Waals surface area (Å²) in [5, 5.41) is 13.1. The average molecular weight is 336 g/mol. The third-order valence-corrected chi connectivity index (χ3v) is 5.20. The van der Waals surface area contributed by atoms with Crippen LogP contribution in [0.25, 0.3) is 0 Å². The topological polar surface area (TPSA) is 52.6 Å². The van der Waals surface area contributed by atoms with Gasteiger partial charge in [0, 0.05) is 24.7 Å². The van der Waals surface area contributed by atoms with Gasteiger partial charge in [-0.2, -0.15) is 0 Å². The number of rotatable bonds is 5. The Labute approximate surface area is 148 Å². The number of phenolic OH excluding ortho intramolecular Hbond substituents is 1. The molecule has 1 atom stereocenters. The van der Waals surface area contributed by atoms with Crippen LogP contribution in [0.4, 0.5) is 0 Å². The maximum atomic E-state index is 13.3. The van der Waals surface area contributed by atoms with Crippen molar-refractivity contribution in [2.24, 2.45) is 0 Å². The molecule has 2 aromatic rings. The molecule has 4 nitrogen and oxygen atoms in total. The number of phenols is 1. The zero-order valence-corrected chi connectivity index (χ0v) is 14.3. The molecule has 1 heterocycles. The third kappa shape index (κ3) is 3.54. The standard InChI is InChI=1S/C21H24N2O2/c24-18-5-3-4-15(12-18)14-23(17-8-9-17)21(25)20-7-2-1-6-19(20)16-10-11-22-13-16/h1-7,12,16-17,22,24H,8-11,13-14H2/t16-/m0/s1. The molecule has 1 saturated heterocycles. The first-order valence-corrected chi connectivity index (χ1v) is 9.11. The van der Waals surface area contributed by atoms with Crippen LogP contribution in [0.2, 0.25) is 0 Å². The summed E-state index contributed by atoms with van der Waals surface area (Å²) < 4.78 is 0. The minimum atomic E-state index is 0.119. The number of nitrogens with one attached hydrogen (secondary N) is 1. The lowest BCUT2D eigenvalue weighted by molar-refractivity contribution is 0.0728. The van der Waals surface area contributed by atoms with Crippen LogP contribution in [0.5, 0.6) is 5.75 Å². The molecule has 1 saturated carbocycles. The van der Waals surface area contributed by atoms with Gasteiger partial charge < -0.3 is 15.3 Å². The van der Waals surface area contributed by atoms with Gasteiger partial charge in [0.2, 0.25) is 0 Å². The highest BCUT2D eigenvalue weighted by Crippen LogP contribution is 2.33. The van der Waals surface area contributed by atoms with Crippen LogP contribution in [0.1, 0.15) is 46.7 Å². The summed E-state index contributed by atoms with van der Waals surface area (Å²) in [7, 11) is 0. The van der Waals surface area contributed by atoms with Crippen molar-refractivity contribution in [1.82, 2.24) is 10.2 Å². The van der Waals surface area contributed by atoms with Crippen molar-refractivity contribution in [2.45, 2.75) is 37.8 Å². The van der Waals surface area contributed by atoms with E-state index < -0.39 is 0 Å². The molecule has 1 amide bonds. The molecular weight excluding hydrogens is 312 g/mol. The molecule has 2 N–H and O–H groups in total. The number of carbonyl (C=O) groups is 1. The lowest BCUT2D eigenvalue weighted by Crippen LogP contribution is -2.33. The summed E-state index contributed by atoms with van der Waals surface area (Å²) >= 11 is 0. The second-order valence-corrected chi connectivity index (χ2v) is 7.11. The molecule has 4 rings (SSSR count). The molecule has 0 unspecified atom stereocenters. The number of benzene rings is 2. The maximum absolute atomic E-state index is 13.3. The fourth-order valence-corrected chi connectivity index (χ4v) is 3.73. The molecule has 2 fully saturated rings. The maximum Gasteiger partial charge on any atom is 0.254 e. The zero-order chi connectivity index (χ0) is 17.2. The Kier molecular flexibility index (Phi) is 4.45. The number of carbonyl (C=O) groups excluding carboxylic acids is 1. The number of nitrogens with zero attached hydrogens (tertiary/aromatic N) is 1. The van der Waals surface area contributed by atoms with Gasteiger partial charge in [-0.3, -0.25) is 4.79 Å². The van der Waals surface area contributed by atoms with E-state index in [1.165, 1.54) is 5.56 Å². The Hall–Kier alpha value is -2.33. The van der Waals surface area contributed by atoms with E-state index in [0.29, 0.717) is 18.5 Å². The van der Waals surface area contributed by atoms with E-state index in [2.05, 4.69) is 11.4 Å². The van der Waals surface area contributed by atoms with Crippen LogP contribution in [0.15, 0.2) is 48.5 Å². The molecule has 1 aliphatic heterocycles. The van der Waals surface area contributed by atoms with Crippen LogP contribution < -0.4 is 5.32 Å². The Morgan fingerprint density at radius 3 is 2.68 bits per heavy atom. The smallest absolute Gasteiger partial charge is 0.254 e. The molecule has 130 valence electrons. The van der Waals surface area contributed by atoms with E-state index in [-0.39, 0.29) is 11.7 Å². The SMILES string of the molecule is O=C(c1ccccc1[C@H]1CCNC1)N(Cc1cccc(O)c1)C1CC1. The van der Waals surface area contributed by atoms with Crippen molar-refractivity contribution >= 4 is 5.91 Å².